The lowest BCUT2D eigenvalue weighted by Crippen LogP contribution is -1.85. The van der Waals surface area contributed by atoms with Gasteiger partial charge in [0.15, 0.2) is 5.82 Å². The highest BCUT2D eigenvalue weighted by Gasteiger charge is 2.06. The fourth-order valence-corrected chi connectivity index (χ4v) is 1.57. The molecule has 0 radical (unpaired) electrons. The second kappa shape index (κ2) is 3.24. The van der Waals surface area contributed by atoms with Crippen molar-refractivity contribution in [3.63, 3.8) is 0 Å². The first-order chi connectivity index (χ1) is 6.18. The average molecular weight is 260 g/mol. The Morgan fingerprint density at radius 1 is 1.23 bits per heavy atom. The standard InChI is InChI=1S/C9H4BrClFN/c10-7-4-2-5-1-3-6(11)8(12)9(5)13-7/h1-4H. The van der Waals surface area contributed by atoms with E-state index in [0.717, 1.165) is 5.39 Å². The zero-order valence-corrected chi connectivity index (χ0v) is 8.73. The number of benzene rings is 1. The molecule has 4 heteroatoms. The van der Waals surface area contributed by atoms with Gasteiger partial charge >= 0.3 is 0 Å². The van der Waals surface area contributed by atoms with Gasteiger partial charge in [-0.15, -0.1) is 0 Å². The highest BCUT2D eigenvalue weighted by molar-refractivity contribution is 9.10. The van der Waals surface area contributed by atoms with E-state index in [1.807, 2.05) is 0 Å². The third-order valence-corrected chi connectivity index (χ3v) is 2.45. The van der Waals surface area contributed by atoms with Gasteiger partial charge in [0.2, 0.25) is 0 Å². The molecular formula is C9H4BrClFN. The molecule has 0 N–H and O–H groups in total. The monoisotopic (exact) mass is 259 g/mol. The zero-order valence-electron chi connectivity index (χ0n) is 6.39. The van der Waals surface area contributed by atoms with Crippen molar-refractivity contribution < 1.29 is 4.39 Å². The SMILES string of the molecule is Fc1c(Cl)ccc2ccc(Br)nc12. The fourth-order valence-electron chi connectivity index (χ4n) is 1.11. The Bertz CT molecular complexity index is 467. The molecule has 66 valence electrons. The van der Waals surface area contributed by atoms with Gasteiger partial charge in [0.05, 0.1) is 5.02 Å². The molecular weight excluding hydrogens is 256 g/mol. The van der Waals surface area contributed by atoms with Crippen LogP contribution in [0.3, 0.4) is 0 Å². The summed E-state index contributed by atoms with van der Waals surface area (Å²) in [7, 11) is 0. The smallest absolute Gasteiger partial charge is 0.168 e. The molecule has 0 aliphatic carbocycles. The third kappa shape index (κ3) is 1.54. The second-order valence-corrected chi connectivity index (χ2v) is 3.79. The van der Waals surface area contributed by atoms with Crippen molar-refractivity contribution in [2.24, 2.45) is 0 Å². The molecule has 2 aromatic rings. The Hall–Kier alpha value is -0.670. The molecule has 1 aromatic carbocycles. The van der Waals surface area contributed by atoms with Crippen molar-refractivity contribution in [3.05, 3.63) is 39.7 Å². The van der Waals surface area contributed by atoms with Gasteiger partial charge in [0, 0.05) is 5.39 Å². The Kier molecular flexibility index (Phi) is 2.22. The molecule has 0 fully saturated rings. The summed E-state index contributed by atoms with van der Waals surface area (Å²) >= 11 is 8.78. The van der Waals surface area contributed by atoms with Crippen LogP contribution < -0.4 is 0 Å². The Labute approximate surface area is 87.7 Å². The minimum absolute atomic E-state index is 0.0955. The molecule has 1 aromatic heterocycles. The van der Waals surface area contributed by atoms with Crippen LogP contribution in [0.1, 0.15) is 0 Å². The number of nitrogens with zero attached hydrogens (tertiary/aromatic N) is 1. The van der Waals surface area contributed by atoms with E-state index in [2.05, 4.69) is 20.9 Å². The largest absolute Gasteiger partial charge is 0.238 e. The molecule has 0 bridgehead atoms. The van der Waals surface area contributed by atoms with Crippen LogP contribution in [-0.4, -0.2) is 4.98 Å². The van der Waals surface area contributed by atoms with Gasteiger partial charge in [-0.1, -0.05) is 23.7 Å². The van der Waals surface area contributed by atoms with Gasteiger partial charge in [-0.05, 0) is 28.1 Å². The first kappa shape index (κ1) is 8.91. The van der Waals surface area contributed by atoms with E-state index < -0.39 is 5.82 Å². The van der Waals surface area contributed by atoms with E-state index in [4.69, 9.17) is 11.6 Å². The van der Waals surface area contributed by atoms with Gasteiger partial charge in [-0.3, -0.25) is 0 Å². The summed E-state index contributed by atoms with van der Waals surface area (Å²) in [5, 5.41) is 0.836. The van der Waals surface area contributed by atoms with Crippen LogP contribution in [0.5, 0.6) is 0 Å². The summed E-state index contributed by atoms with van der Waals surface area (Å²) in [6, 6.07) is 6.80. The number of hydrogen-bond donors (Lipinski definition) is 0. The fraction of sp³-hybridized carbons (Fsp3) is 0. The van der Waals surface area contributed by atoms with Crippen molar-refractivity contribution >= 4 is 38.4 Å². The maximum atomic E-state index is 13.4. The predicted molar refractivity (Wildman–Crippen MR) is 54.4 cm³/mol. The number of hydrogen-bond acceptors (Lipinski definition) is 1. The van der Waals surface area contributed by atoms with Crippen LogP contribution in [0.15, 0.2) is 28.9 Å². The normalized spacial score (nSPS) is 10.7. The molecule has 0 aliphatic heterocycles. The van der Waals surface area contributed by atoms with E-state index in [1.165, 1.54) is 6.07 Å². The van der Waals surface area contributed by atoms with E-state index in [-0.39, 0.29) is 5.02 Å². The zero-order chi connectivity index (χ0) is 9.42. The average Bonchev–Trinajstić information content (AvgIpc) is 2.12. The van der Waals surface area contributed by atoms with Crippen LogP contribution >= 0.6 is 27.5 Å². The Balaban J connectivity index is 2.89. The van der Waals surface area contributed by atoms with Crippen molar-refractivity contribution in [1.29, 1.82) is 0 Å². The minimum Gasteiger partial charge on any atom is -0.238 e. The van der Waals surface area contributed by atoms with Gasteiger partial charge in [-0.25, -0.2) is 9.37 Å². The van der Waals surface area contributed by atoms with Crippen LogP contribution in [0.25, 0.3) is 10.9 Å². The van der Waals surface area contributed by atoms with Crippen LogP contribution in [0.4, 0.5) is 4.39 Å². The number of halogens is 3. The Morgan fingerprint density at radius 3 is 2.69 bits per heavy atom. The topological polar surface area (TPSA) is 12.9 Å². The van der Waals surface area contributed by atoms with Gasteiger partial charge in [0.25, 0.3) is 0 Å². The van der Waals surface area contributed by atoms with E-state index in [0.29, 0.717) is 10.1 Å². The lowest BCUT2D eigenvalue weighted by atomic mass is 10.2. The molecule has 0 atom stereocenters. The summed E-state index contributed by atoms with van der Waals surface area (Å²) in [5.41, 5.74) is 0.293. The molecule has 0 aliphatic rings. The lowest BCUT2D eigenvalue weighted by Gasteiger charge is -2.00. The van der Waals surface area contributed by atoms with Gasteiger partial charge in [0.1, 0.15) is 10.1 Å². The van der Waals surface area contributed by atoms with E-state index in [9.17, 15) is 4.39 Å². The molecule has 1 heterocycles. The van der Waals surface area contributed by atoms with Crippen LogP contribution in [-0.2, 0) is 0 Å². The highest BCUT2D eigenvalue weighted by Crippen LogP contribution is 2.24. The van der Waals surface area contributed by atoms with Crippen molar-refractivity contribution in [1.82, 2.24) is 4.98 Å². The highest BCUT2D eigenvalue weighted by atomic mass is 79.9. The third-order valence-electron chi connectivity index (χ3n) is 1.72. The second-order valence-electron chi connectivity index (χ2n) is 2.57. The van der Waals surface area contributed by atoms with Crippen LogP contribution in [0.2, 0.25) is 5.02 Å². The van der Waals surface area contributed by atoms with Crippen molar-refractivity contribution in [3.8, 4) is 0 Å². The summed E-state index contributed by atoms with van der Waals surface area (Å²) in [6.07, 6.45) is 0. The lowest BCUT2D eigenvalue weighted by molar-refractivity contribution is 0.637. The molecule has 13 heavy (non-hydrogen) atoms. The van der Waals surface area contributed by atoms with E-state index in [1.54, 1.807) is 18.2 Å². The van der Waals surface area contributed by atoms with Gasteiger partial charge in [-0.2, -0.15) is 0 Å². The summed E-state index contributed by atoms with van der Waals surface area (Å²) in [4.78, 5) is 3.99. The van der Waals surface area contributed by atoms with E-state index >= 15 is 0 Å². The first-order valence-corrected chi connectivity index (χ1v) is 4.76. The maximum absolute atomic E-state index is 13.4. The number of aromatic nitrogens is 1. The van der Waals surface area contributed by atoms with Gasteiger partial charge < -0.3 is 0 Å². The number of pyridine rings is 1. The molecule has 0 spiro atoms. The first-order valence-electron chi connectivity index (χ1n) is 3.59. The summed E-state index contributed by atoms with van der Waals surface area (Å²) < 4.78 is 14.0. The molecule has 0 amide bonds. The van der Waals surface area contributed by atoms with Crippen LogP contribution in [0, 0.1) is 5.82 Å². The molecule has 0 saturated carbocycles. The minimum atomic E-state index is -0.472. The van der Waals surface area contributed by atoms with Crippen molar-refractivity contribution in [2.75, 3.05) is 0 Å². The number of fused-ring (bicyclic) bond motifs is 1. The quantitative estimate of drug-likeness (QED) is 0.657. The number of rotatable bonds is 0. The maximum Gasteiger partial charge on any atom is 0.168 e. The summed E-state index contributed by atoms with van der Waals surface area (Å²) in [6.45, 7) is 0. The Morgan fingerprint density at radius 2 is 1.92 bits per heavy atom. The van der Waals surface area contributed by atoms with Crippen molar-refractivity contribution in [2.45, 2.75) is 0 Å². The molecule has 1 nitrogen and oxygen atoms in total. The summed E-state index contributed by atoms with van der Waals surface area (Å²) in [5.74, 6) is -0.472. The predicted octanol–water partition coefficient (Wildman–Crippen LogP) is 3.79. The molecule has 2 rings (SSSR count). The molecule has 0 unspecified atom stereocenters. The molecule has 0 saturated heterocycles.